The number of anilines is 3. The van der Waals surface area contributed by atoms with Gasteiger partial charge in [-0.15, -0.1) is 11.3 Å². The molecule has 8 nitrogen and oxygen atoms in total. The van der Waals surface area contributed by atoms with Gasteiger partial charge in [-0.05, 0) is 56.0 Å². The topological polar surface area (TPSA) is 110 Å². The first-order chi connectivity index (χ1) is 16.5. The zero-order valence-corrected chi connectivity index (χ0v) is 20.0. The molecule has 0 unspecified atom stereocenters. The molecule has 0 radical (unpaired) electrons. The Kier molecular flexibility index (Phi) is 5.93. The number of hydrogen-bond acceptors (Lipinski definition) is 8. The largest absolute Gasteiger partial charge is 0.462 e. The number of nitrogens with one attached hydrogen (secondary N) is 2. The minimum atomic E-state index is -3.91. The zero-order valence-electron chi connectivity index (χ0n) is 18.4. The molecule has 10 heteroatoms. The second kappa shape index (κ2) is 9.03. The Morgan fingerprint density at radius 2 is 1.68 bits per heavy atom. The summed E-state index contributed by atoms with van der Waals surface area (Å²) in [4.78, 5) is 23.2. The number of hydrogen-bond donors (Lipinski definition) is 2. The number of ether oxygens (including phenoxy) is 1. The molecule has 174 valence electrons. The van der Waals surface area contributed by atoms with Crippen molar-refractivity contribution in [1.29, 1.82) is 0 Å². The van der Waals surface area contributed by atoms with E-state index in [9.17, 15) is 13.2 Å². The number of benzene rings is 2. The van der Waals surface area contributed by atoms with E-state index in [1.165, 1.54) is 23.5 Å². The summed E-state index contributed by atoms with van der Waals surface area (Å²) in [7, 11) is -3.91. The summed E-state index contributed by atoms with van der Waals surface area (Å²) in [6.45, 7) is 2.03. The number of aryl methyl sites for hydroxylation is 1. The highest BCUT2D eigenvalue weighted by atomic mass is 32.2. The highest BCUT2D eigenvalue weighted by molar-refractivity contribution is 7.92. The fourth-order valence-electron chi connectivity index (χ4n) is 3.96. The van der Waals surface area contributed by atoms with E-state index < -0.39 is 16.0 Å². The van der Waals surface area contributed by atoms with Crippen molar-refractivity contribution in [3.63, 3.8) is 0 Å². The number of esters is 1. The Morgan fingerprint density at radius 1 is 1.00 bits per heavy atom. The van der Waals surface area contributed by atoms with E-state index >= 15 is 0 Å². The van der Waals surface area contributed by atoms with Gasteiger partial charge in [0.2, 0.25) is 0 Å². The first kappa shape index (κ1) is 22.3. The van der Waals surface area contributed by atoms with Crippen LogP contribution in [0.2, 0.25) is 0 Å². The normalized spacial score (nSPS) is 13.0. The predicted molar refractivity (Wildman–Crippen MR) is 132 cm³/mol. The van der Waals surface area contributed by atoms with Crippen molar-refractivity contribution in [1.82, 2.24) is 9.97 Å². The third-order valence-corrected chi connectivity index (χ3v) is 8.05. The number of carbonyl (C=O) groups is 1. The molecular weight excluding hydrogens is 472 g/mol. The summed E-state index contributed by atoms with van der Waals surface area (Å²) in [5, 5.41) is 3.77. The molecule has 0 bridgehead atoms. The number of nitrogens with zero attached hydrogens (tertiary/aromatic N) is 2. The van der Waals surface area contributed by atoms with Crippen LogP contribution in [0.3, 0.4) is 0 Å². The molecule has 2 aromatic heterocycles. The predicted octanol–water partition coefficient (Wildman–Crippen LogP) is 4.90. The third kappa shape index (κ3) is 4.22. The molecule has 0 fully saturated rings. The van der Waals surface area contributed by atoms with Gasteiger partial charge in [0, 0.05) is 4.88 Å². The molecule has 2 aromatic carbocycles. The summed E-state index contributed by atoms with van der Waals surface area (Å²) in [6.07, 6.45) is 2.69. The van der Waals surface area contributed by atoms with Crippen molar-refractivity contribution >= 4 is 55.0 Å². The quantitative estimate of drug-likeness (QED) is 0.352. The lowest BCUT2D eigenvalue weighted by Gasteiger charge is -2.14. The Bertz CT molecular complexity index is 1480. The molecule has 0 saturated carbocycles. The molecule has 1 aliphatic rings. The van der Waals surface area contributed by atoms with Crippen molar-refractivity contribution < 1.29 is 17.9 Å². The maximum Gasteiger partial charge on any atom is 0.341 e. The van der Waals surface area contributed by atoms with E-state index in [2.05, 4.69) is 20.0 Å². The van der Waals surface area contributed by atoms with Crippen LogP contribution in [0.15, 0.2) is 59.5 Å². The van der Waals surface area contributed by atoms with Gasteiger partial charge >= 0.3 is 5.97 Å². The molecule has 0 amide bonds. The number of para-hydroxylation sites is 2. The number of aromatic nitrogens is 2. The van der Waals surface area contributed by atoms with Gasteiger partial charge in [-0.3, -0.25) is 4.72 Å². The first-order valence-corrected chi connectivity index (χ1v) is 13.2. The van der Waals surface area contributed by atoms with Gasteiger partial charge in [0.25, 0.3) is 10.0 Å². The molecule has 5 rings (SSSR count). The van der Waals surface area contributed by atoms with Gasteiger partial charge in [-0.2, -0.15) is 0 Å². The summed E-state index contributed by atoms with van der Waals surface area (Å²) in [5.74, 6) is -0.140. The molecule has 34 heavy (non-hydrogen) atoms. The number of carbonyl (C=O) groups excluding carboxylic acids is 1. The monoisotopic (exact) mass is 494 g/mol. The minimum absolute atomic E-state index is 0.0471. The van der Waals surface area contributed by atoms with Crippen molar-refractivity contribution in [3.8, 4) is 0 Å². The number of rotatable bonds is 7. The third-order valence-electron chi connectivity index (χ3n) is 5.49. The summed E-state index contributed by atoms with van der Waals surface area (Å²) >= 11 is 1.47. The average molecular weight is 495 g/mol. The lowest BCUT2D eigenvalue weighted by molar-refractivity contribution is 0.0527. The van der Waals surface area contributed by atoms with Gasteiger partial charge in [0.15, 0.2) is 11.6 Å². The maximum atomic E-state index is 13.0. The van der Waals surface area contributed by atoms with Crippen molar-refractivity contribution in [3.05, 3.63) is 70.6 Å². The Hall–Kier alpha value is -3.50. The van der Waals surface area contributed by atoms with Crippen LogP contribution in [0.25, 0.3) is 11.0 Å². The zero-order chi connectivity index (χ0) is 23.7. The molecule has 0 aliphatic heterocycles. The van der Waals surface area contributed by atoms with E-state index in [-0.39, 0.29) is 23.1 Å². The second-order valence-corrected chi connectivity index (χ2v) is 10.5. The highest BCUT2D eigenvalue weighted by Gasteiger charge is 2.29. The van der Waals surface area contributed by atoms with Crippen molar-refractivity contribution in [2.75, 3.05) is 16.6 Å². The fraction of sp³-hybridized carbons (Fsp3) is 0.208. The van der Waals surface area contributed by atoms with Crippen LogP contribution in [0.5, 0.6) is 0 Å². The van der Waals surface area contributed by atoms with E-state index in [0.29, 0.717) is 21.6 Å². The molecular formula is C24H22N4O4S2. The Balaban J connectivity index is 1.60. The Labute approximate surface area is 201 Å². The molecule has 0 saturated heterocycles. The van der Waals surface area contributed by atoms with Crippen LogP contribution in [0, 0.1) is 0 Å². The minimum Gasteiger partial charge on any atom is -0.462 e. The molecule has 4 aromatic rings. The van der Waals surface area contributed by atoms with E-state index in [1.54, 1.807) is 37.3 Å². The van der Waals surface area contributed by atoms with Crippen LogP contribution < -0.4 is 10.0 Å². The van der Waals surface area contributed by atoms with Crippen LogP contribution >= 0.6 is 11.3 Å². The number of sulfonamides is 1. The van der Waals surface area contributed by atoms with Gasteiger partial charge in [0.1, 0.15) is 5.00 Å². The molecule has 1 aliphatic carbocycles. The van der Waals surface area contributed by atoms with Gasteiger partial charge in [0.05, 0.1) is 28.1 Å². The van der Waals surface area contributed by atoms with Crippen molar-refractivity contribution in [2.45, 2.75) is 31.1 Å². The number of thiophene rings is 1. The fourth-order valence-corrected chi connectivity index (χ4v) is 6.27. The molecule has 0 atom stereocenters. The lowest BCUT2D eigenvalue weighted by Crippen LogP contribution is -2.16. The summed E-state index contributed by atoms with van der Waals surface area (Å²) in [5.41, 5.74) is 2.62. The van der Waals surface area contributed by atoms with E-state index in [0.717, 1.165) is 29.7 Å². The van der Waals surface area contributed by atoms with Crippen LogP contribution in [-0.2, 0) is 27.6 Å². The number of fused-ring (bicyclic) bond motifs is 2. The maximum absolute atomic E-state index is 13.0. The highest BCUT2D eigenvalue weighted by Crippen LogP contribution is 2.41. The Morgan fingerprint density at radius 3 is 2.38 bits per heavy atom. The first-order valence-electron chi connectivity index (χ1n) is 10.9. The molecule has 0 spiro atoms. The van der Waals surface area contributed by atoms with E-state index in [4.69, 9.17) is 4.74 Å². The van der Waals surface area contributed by atoms with Crippen LogP contribution in [0.1, 0.15) is 34.1 Å². The SMILES string of the molecule is CCOC(=O)c1c(Nc2nc3ccccc3nc2NS(=O)(=O)c2ccccc2)sc2c1CCC2. The van der Waals surface area contributed by atoms with Crippen LogP contribution in [-0.4, -0.2) is 31.0 Å². The van der Waals surface area contributed by atoms with Crippen LogP contribution in [0.4, 0.5) is 16.6 Å². The average Bonchev–Trinajstić information content (AvgIpc) is 3.41. The standard InChI is InChI=1S/C24H22N4O4S2/c1-2-32-24(29)20-16-11-8-14-19(16)33-23(20)27-21-22(26-18-13-7-6-12-17(18)25-21)28-34(30,31)15-9-4-3-5-10-15/h3-7,9-10,12-13H,2,8,11,14H2,1H3,(H,25,27)(H,26,28). The smallest absolute Gasteiger partial charge is 0.341 e. The summed E-state index contributed by atoms with van der Waals surface area (Å²) in [6, 6.07) is 15.3. The second-order valence-electron chi connectivity index (χ2n) is 7.74. The van der Waals surface area contributed by atoms with Gasteiger partial charge in [-0.25, -0.2) is 23.2 Å². The van der Waals surface area contributed by atoms with Crippen molar-refractivity contribution in [2.24, 2.45) is 0 Å². The van der Waals surface area contributed by atoms with E-state index in [1.807, 2.05) is 12.1 Å². The van der Waals surface area contributed by atoms with Gasteiger partial charge in [-0.1, -0.05) is 30.3 Å². The van der Waals surface area contributed by atoms with Gasteiger partial charge < -0.3 is 10.1 Å². The molecule has 2 N–H and O–H groups in total. The lowest BCUT2D eigenvalue weighted by atomic mass is 10.1. The molecule has 2 heterocycles. The summed E-state index contributed by atoms with van der Waals surface area (Å²) < 4.78 is 33.9.